The van der Waals surface area contributed by atoms with Gasteiger partial charge in [-0.05, 0) is 49.1 Å². The lowest BCUT2D eigenvalue weighted by Crippen LogP contribution is -2.47. The van der Waals surface area contributed by atoms with Gasteiger partial charge >= 0.3 is 0 Å². The molecule has 0 spiro atoms. The van der Waals surface area contributed by atoms with Crippen molar-refractivity contribution in [2.75, 3.05) is 50.8 Å². The first-order valence-corrected chi connectivity index (χ1v) is 10.9. The van der Waals surface area contributed by atoms with Gasteiger partial charge in [0.2, 0.25) is 0 Å². The molecule has 0 N–H and O–H groups in total. The highest BCUT2D eigenvalue weighted by atomic mass is 16.5. The van der Waals surface area contributed by atoms with Gasteiger partial charge < -0.3 is 14.4 Å². The molecule has 1 saturated heterocycles. The first kappa shape index (κ1) is 19.1. The number of fused-ring (bicyclic) bond motifs is 2. The number of anilines is 1. The molecule has 1 amide bonds. The second-order valence-electron chi connectivity index (χ2n) is 8.06. The Morgan fingerprint density at radius 3 is 2.90 bits per heavy atom. The summed E-state index contributed by atoms with van der Waals surface area (Å²) in [5, 5.41) is 0. The van der Waals surface area contributed by atoms with E-state index in [2.05, 4.69) is 33.0 Å². The van der Waals surface area contributed by atoms with Crippen molar-refractivity contribution < 1.29 is 14.3 Å². The third kappa shape index (κ3) is 3.92. The molecule has 156 valence electrons. The molecule has 3 aliphatic heterocycles. The maximum absolute atomic E-state index is 11.7. The van der Waals surface area contributed by atoms with Gasteiger partial charge in [-0.15, -0.1) is 0 Å². The third-order valence-electron chi connectivity index (χ3n) is 6.09. The highest BCUT2D eigenvalue weighted by molar-refractivity contribution is 6.13. The summed E-state index contributed by atoms with van der Waals surface area (Å²) >= 11 is 0. The minimum Gasteiger partial charge on any atom is -0.494 e. The van der Waals surface area contributed by atoms with Crippen LogP contribution in [0.4, 0.5) is 5.69 Å². The zero-order chi connectivity index (χ0) is 20.3. The molecule has 1 fully saturated rings. The van der Waals surface area contributed by atoms with Gasteiger partial charge in [-0.1, -0.05) is 12.1 Å². The number of carbonyl (C=O) groups excluding carboxylic acids is 1. The molecule has 0 saturated carbocycles. The van der Waals surface area contributed by atoms with Crippen molar-refractivity contribution in [3.8, 4) is 11.5 Å². The number of aryl methyl sites for hydroxylation is 1. The number of hydrogen-bond donors (Lipinski definition) is 0. The van der Waals surface area contributed by atoms with E-state index in [1.54, 1.807) is 12.3 Å². The van der Waals surface area contributed by atoms with Gasteiger partial charge in [0.05, 0.1) is 24.5 Å². The molecule has 0 aromatic heterocycles. The second-order valence-corrected chi connectivity index (χ2v) is 8.06. The molecule has 6 nitrogen and oxygen atoms in total. The number of aliphatic imine (C=N–C) groups is 1. The molecular weight excluding hydrogens is 378 g/mol. The summed E-state index contributed by atoms with van der Waals surface area (Å²) in [5.41, 5.74) is 4.11. The van der Waals surface area contributed by atoms with Crippen molar-refractivity contribution in [1.29, 1.82) is 0 Å². The first-order valence-electron chi connectivity index (χ1n) is 10.9. The fourth-order valence-electron chi connectivity index (χ4n) is 4.43. The number of piperazine rings is 1. The summed E-state index contributed by atoms with van der Waals surface area (Å²) in [5.74, 6) is 1.66. The molecule has 30 heavy (non-hydrogen) atoms. The average Bonchev–Trinajstić information content (AvgIpc) is 3.17. The van der Waals surface area contributed by atoms with Crippen LogP contribution in [-0.2, 0) is 6.42 Å². The van der Waals surface area contributed by atoms with E-state index < -0.39 is 0 Å². The topological polar surface area (TPSA) is 54.4 Å². The second kappa shape index (κ2) is 8.48. The average molecular weight is 405 g/mol. The quantitative estimate of drug-likeness (QED) is 0.691. The van der Waals surface area contributed by atoms with Gasteiger partial charge in [-0.3, -0.25) is 9.69 Å². The van der Waals surface area contributed by atoms with E-state index >= 15 is 0 Å². The standard InChI is InChI=1S/C24H27N3O3/c28-24-21-16-20(8-7-19(21)17-25-24)29-15-3-9-26-10-12-27(13-11-26)22-6-1-4-18-5-2-14-30-23(18)22/h1,4,6-8,16-17H,2-3,5,9-15H2. The van der Waals surface area contributed by atoms with E-state index in [9.17, 15) is 4.79 Å². The van der Waals surface area contributed by atoms with Crippen LogP contribution in [0.25, 0.3) is 0 Å². The molecule has 0 radical (unpaired) electrons. The van der Waals surface area contributed by atoms with Crippen LogP contribution in [0.3, 0.4) is 0 Å². The number of nitrogens with zero attached hydrogens (tertiary/aromatic N) is 3. The van der Waals surface area contributed by atoms with Crippen LogP contribution in [0.2, 0.25) is 0 Å². The maximum atomic E-state index is 11.7. The highest BCUT2D eigenvalue weighted by Gasteiger charge is 2.22. The number of amides is 1. The normalized spacial score (nSPS) is 18.1. The third-order valence-corrected chi connectivity index (χ3v) is 6.09. The molecule has 2 aromatic carbocycles. The number of hydrogen-bond acceptors (Lipinski definition) is 5. The molecule has 3 aliphatic rings. The zero-order valence-corrected chi connectivity index (χ0v) is 17.2. The smallest absolute Gasteiger partial charge is 0.277 e. The minimum atomic E-state index is -0.182. The summed E-state index contributed by atoms with van der Waals surface area (Å²) in [6.45, 7) is 6.64. The van der Waals surface area contributed by atoms with Gasteiger partial charge in [0.15, 0.2) is 0 Å². The summed E-state index contributed by atoms with van der Waals surface area (Å²) in [4.78, 5) is 20.5. The minimum absolute atomic E-state index is 0.182. The van der Waals surface area contributed by atoms with Crippen LogP contribution in [-0.4, -0.2) is 63.0 Å². The number of rotatable bonds is 6. The van der Waals surface area contributed by atoms with Crippen molar-refractivity contribution in [2.45, 2.75) is 19.3 Å². The van der Waals surface area contributed by atoms with E-state index in [0.717, 1.165) is 75.7 Å². The Hall–Kier alpha value is -2.86. The zero-order valence-electron chi connectivity index (χ0n) is 17.2. The summed E-state index contributed by atoms with van der Waals surface area (Å²) in [6, 6.07) is 12.1. The van der Waals surface area contributed by atoms with Gasteiger partial charge in [-0.2, -0.15) is 0 Å². The Bertz CT molecular complexity index is 964. The molecule has 5 rings (SSSR count). The van der Waals surface area contributed by atoms with Gasteiger partial charge in [0, 0.05) is 44.5 Å². The van der Waals surface area contributed by atoms with Gasteiger partial charge in [0.1, 0.15) is 11.5 Å². The molecule has 0 aliphatic carbocycles. The molecule has 6 heteroatoms. The molecular formula is C24H27N3O3. The van der Waals surface area contributed by atoms with Crippen LogP contribution >= 0.6 is 0 Å². The van der Waals surface area contributed by atoms with Crippen LogP contribution in [0.1, 0.15) is 34.3 Å². The Labute approximate surface area is 177 Å². The van der Waals surface area contributed by atoms with E-state index in [0.29, 0.717) is 12.2 Å². The van der Waals surface area contributed by atoms with E-state index in [1.165, 1.54) is 11.3 Å². The molecule has 0 bridgehead atoms. The lowest BCUT2D eigenvalue weighted by molar-refractivity contribution is 0.101. The number of carbonyl (C=O) groups is 1. The fraction of sp³-hybridized carbons (Fsp3) is 0.417. The number of benzene rings is 2. The van der Waals surface area contributed by atoms with Crippen LogP contribution in [0.5, 0.6) is 11.5 Å². The molecule has 0 atom stereocenters. The van der Waals surface area contributed by atoms with Crippen molar-refractivity contribution in [3.05, 3.63) is 53.1 Å². The van der Waals surface area contributed by atoms with Crippen molar-refractivity contribution in [2.24, 2.45) is 4.99 Å². The van der Waals surface area contributed by atoms with Crippen LogP contribution < -0.4 is 14.4 Å². The Balaban J connectivity index is 1.08. The first-order chi connectivity index (χ1) is 14.8. The van der Waals surface area contributed by atoms with Gasteiger partial charge in [0.25, 0.3) is 5.91 Å². The van der Waals surface area contributed by atoms with E-state index in [4.69, 9.17) is 9.47 Å². The largest absolute Gasteiger partial charge is 0.494 e. The molecule has 0 unspecified atom stereocenters. The van der Waals surface area contributed by atoms with Crippen LogP contribution in [0, 0.1) is 0 Å². The monoisotopic (exact) mass is 405 g/mol. The lowest BCUT2D eigenvalue weighted by Gasteiger charge is -2.37. The van der Waals surface area contributed by atoms with E-state index in [-0.39, 0.29) is 5.91 Å². The lowest BCUT2D eigenvalue weighted by atomic mass is 10.0. The fourth-order valence-corrected chi connectivity index (χ4v) is 4.43. The summed E-state index contributed by atoms with van der Waals surface area (Å²) < 4.78 is 11.9. The molecule has 3 heterocycles. The number of ether oxygens (including phenoxy) is 2. The predicted molar refractivity (Wildman–Crippen MR) is 117 cm³/mol. The Morgan fingerprint density at radius 2 is 2.00 bits per heavy atom. The Morgan fingerprint density at radius 1 is 1.10 bits per heavy atom. The van der Waals surface area contributed by atoms with Crippen molar-refractivity contribution in [1.82, 2.24) is 4.90 Å². The van der Waals surface area contributed by atoms with E-state index in [1.807, 2.05) is 12.1 Å². The Kier molecular flexibility index (Phi) is 5.41. The predicted octanol–water partition coefficient (Wildman–Crippen LogP) is 3.18. The molecule has 2 aromatic rings. The van der Waals surface area contributed by atoms with Crippen molar-refractivity contribution in [3.63, 3.8) is 0 Å². The maximum Gasteiger partial charge on any atom is 0.277 e. The van der Waals surface area contributed by atoms with Gasteiger partial charge in [-0.25, -0.2) is 4.99 Å². The highest BCUT2D eigenvalue weighted by Crippen LogP contribution is 2.35. The SMILES string of the molecule is O=C1N=Cc2ccc(OCCCN3CCN(c4cccc5c4OCCC5)CC3)cc21. The summed E-state index contributed by atoms with van der Waals surface area (Å²) in [7, 11) is 0. The van der Waals surface area contributed by atoms with Crippen LogP contribution in [0.15, 0.2) is 41.4 Å². The van der Waals surface area contributed by atoms with Crippen molar-refractivity contribution >= 4 is 17.8 Å². The summed E-state index contributed by atoms with van der Waals surface area (Å²) in [6.07, 6.45) is 4.81. The number of para-hydroxylation sites is 1.